The molecule has 0 aliphatic carbocycles. The van der Waals surface area contributed by atoms with E-state index in [0.717, 1.165) is 4.31 Å². The molecule has 0 saturated heterocycles. The highest BCUT2D eigenvalue weighted by molar-refractivity contribution is 7.92. The Bertz CT molecular complexity index is 1360. The molecule has 1 atom stereocenters. The van der Waals surface area contributed by atoms with Gasteiger partial charge in [0.25, 0.3) is 10.0 Å². The Morgan fingerprint density at radius 1 is 0.895 bits per heavy atom. The van der Waals surface area contributed by atoms with Crippen molar-refractivity contribution in [3.8, 4) is 0 Å². The van der Waals surface area contributed by atoms with Gasteiger partial charge >= 0.3 is 0 Å². The summed E-state index contributed by atoms with van der Waals surface area (Å²) >= 11 is 6.39. The van der Waals surface area contributed by atoms with E-state index < -0.39 is 28.5 Å². The van der Waals surface area contributed by atoms with E-state index in [9.17, 15) is 18.0 Å². The predicted molar refractivity (Wildman–Crippen MR) is 151 cm³/mol. The summed E-state index contributed by atoms with van der Waals surface area (Å²) in [7, 11) is -4.09. The molecule has 0 saturated carbocycles. The Morgan fingerprint density at radius 2 is 1.50 bits per heavy atom. The first-order chi connectivity index (χ1) is 18.0. The topological polar surface area (TPSA) is 86.8 Å². The molecule has 0 aromatic heterocycles. The number of nitrogens with one attached hydrogen (secondary N) is 1. The van der Waals surface area contributed by atoms with Crippen molar-refractivity contribution in [3.63, 3.8) is 0 Å². The van der Waals surface area contributed by atoms with Crippen LogP contribution in [0.2, 0.25) is 5.02 Å². The number of hydrogen-bond acceptors (Lipinski definition) is 4. The van der Waals surface area contributed by atoms with Gasteiger partial charge < -0.3 is 10.2 Å². The summed E-state index contributed by atoms with van der Waals surface area (Å²) in [5.41, 5.74) is 1.74. The summed E-state index contributed by atoms with van der Waals surface area (Å²) in [5.74, 6) is -0.626. The van der Waals surface area contributed by atoms with Crippen LogP contribution in [-0.2, 0) is 26.2 Å². The van der Waals surface area contributed by atoms with Crippen LogP contribution in [0, 0.1) is 12.8 Å². The van der Waals surface area contributed by atoms with Gasteiger partial charge in [0.1, 0.15) is 12.6 Å². The molecule has 1 N–H and O–H groups in total. The second kappa shape index (κ2) is 12.9. The molecule has 9 heteroatoms. The van der Waals surface area contributed by atoms with E-state index in [1.54, 1.807) is 80.6 Å². The smallest absolute Gasteiger partial charge is 0.264 e. The molecule has 3 aromatic rings. The van der Waals surface area contributed by atoms with Crippen molar-refractivity contribution in [1.29, 1.82) is 0 Å². The molecule has 0 fully saturated rings. The fraction of sp³-hybridized carbons (Fsp3) is 0.310. The average Bonchev–Trinajstić information content (AvgIpc) is 2.90. The molecule has 38 heavy (non-hydrogen) atoms. The monoisotopic (exact) mass is 555 g/mol. The molecular weight excluding hydrogens is 522 g/mol. The maximum absolute atomic E-state index is 13.9. The number of carbonyl (C=O) groups is 2. The molecule has 3 rings (SSSR count). The zero-order valence-corrected chi connectivity index (χ0v) is 23.7. The molecule has 0 aliphatic rings. The van der Waals surface area contributed by atoms with Gasteiger partial charge in [0, 0.05) is 18.1 Å². The van der Waals surface area contributed by atoms with Gasteiger partial charge in [0.05, 0.1) is 10.6 Å². The van der Waals surface area contributed by atoms with Gasteiger partial charge in [0.2, 0.25) is 11.8 Å². The highest BCUT2D eigenvalue weighted by Crippen LogP contribution is 2.27. The maximum Gasteiger partial charge on any atom is 0.264 e. The Balaban J connectivity index is 2.02. The third kappa shape index (κ3) is 7.14. The van der Waals surface area contributed by atoms with Crippen molar-refractivity contribution in [1.82, 2.24) is 10.2 Å². The van der Waals surface area contributed by atoms with E-state index in [-0.39, 0.29) is 23.3 Å². The summed E-state index contributed by atoms with van der Waals surface area (Å²) in [4.78, 5) is 28.4. The van der Waals surface area contributed by atoms with Crippen LogP contribution in [0.4, 0.5) is 5.69 Å². The first-order valence-electron chi connectivity index (χ1n) is 12.5. The van der Waals surface area contributed by atoms with Gasteiger partial charge in [-0.25, -0.2) is 8.42 Å². The number of nitrogens with zero attached hydrogens (tertiary/aromatic N) is 2. The zero-order valence-electron chi connectivity index (χ0n) is 22.1. The number of benzene rings is 3. The largest absolute Gasteiger partial charge is 0.354 e. The molecule has 3 aromatic carbocycles. The van der Waals surface area contributed by atoms with Gasteiger partial charge in [-0.1, -0.05) is 80.0 Å². The molecule has 202 valence electrons. The Morgan fingerprint density at radius 3 is 2.13 bits per heavy atom. The summed E-state index contributed by atoms with van der Waals surface area (Å²) < 4.78 is 28.7. The first kappa shape index (κ1) is 29.2. The maximum atomic E-state index is 13.9. The van der Waals surface area contributed by atoms with Crippen molar-refractivity contribution in [3.05, 3.63) is 95.0 Å². The van der Waals surface area contributed by atoms with Crippen LogP contribution in [-0.4, -0.2) is 44.3 Å². The van der Waals surface area contributed by atoms with E-state index in [1.165, 1.54) is 17.0 Å². The molecule has 1 unspecified atom stereocenters. The summed E-state index contributed by atoms with van der Waals surface area (Å²) in [6.07, 6.45) is 0. The molecule has 0 bridgehead atoms. The second-order valence-electron chi connectivity index (χ2n) is 9.54. The number of amides is 2. The minimum Gasteiger partial charge on any atom is -0.354 e. The number of hydrogen-bond donors (Lipinski definition) is 1. The summed E-state index contributed by atoms with van der Waals surface area (Å²) in [6, 6.07) is 21.2. The van der Waals surface area contributed by atoms with Crippen LogP contribution in [0.3, 0.4) is 0 Å². The van der Waals surface area contributed by atoms with Crippen molar-refractivity contribution >= 4 is 39.1 Å². The third-order valence-electron chi connectivity index (χ3n) is 6.14. The van der Waals surface area contributed by atoms with Gasteiger partial charge in [0.15, 0.2) is 0 Å². The minimum atomic E-state index is -4.09. The van der Waals surface area contributed by atoms with E-state index in [0.29, 0.717) is 28.4 Å². The lowest BCUT2D eigenvalue weighted by Crippen LogP contribution is -2.51. The predicted octanol–water partition coefficient (Wildman–Crippen LogP) is 5.03. The number of rotatable bonds is 11. The third-order valence-corrected chi connectivity index (χ3v) is 8.29. The van der Waals surface area contributed by atoms with Gasteiger partial charge in [-0.05, 0) is 55.2 Å². The Kier molecular flexibility index (Phi) is 9.94. The van der Waals surface area contributed by atoms with Crippen molar-refractivity contribution < 1.29 is 18.0 Å². The minimum absolute atomic E-state index is 0.0434. The van der Waals surface area contributed by atoms with Crippen LogP contribution in [0.5, 0.6) is 0 Å². The quantitative estimate of drug-likeness (QED) is 0.359. The number of halogens is 1. The van der Waals surface area contributed by atoms with E-state index in [4.69, 9.17) is 11.6 Å². The summed E-state index contributed by atoms with van der Waals surface area (Å²) in [5, 5.41) is 3.32. The van der Waals surface area contributed by atoms with E-state index in [2.05, 4.69) is 5.32 Å². The first-order valence-corrected chi connectivity index (χ1v) is 14.3. The van der Waals surface area contributed by atoms with Gasteiger partial charge in [-0.15, -0.1) is 0 Å². The fourth-order valence-corrected chi connectivity index (χ4v) is 5.62. The van der Waals surface area contributed by atoms with Crippen molar-refractivity contribution in [2.45, 2.75) is 45.2 Å². The lowest BCUT2D eigenvalue weighted by Gasteiger charge is -2.32. The highest BCUT2D eigenvalue weighted by atomic mass is 35.5. The molecular formula is C29H34ClN3O4S. The van der Waals surface area contributed by atoms with Crippen LogP contribution in [0.15, 0.2) is 83.8 Å². The van der Waals surface area contributed by atoms with Crippen molar-refractivity contribution in [2.24, 2.45) is 5.92 Å². The normalized spacial score (nSPS) is 12.2. The van der Waals surface area contributed by atoms with Crippen LogP contribution < -0.4 is 9.62 Å². The van der Waals surface area contributed by atoms with Gasteiger partial charge in [-0.2, -0.15) is 0 Å². The van der Waals surface area contributed by atoms with E-state index >= 15 is 0 Å². The lowest BCUT2D eigenvalue weighted by atomic mass is 10.1. The number of para-hydroxylation sites is 1. The second-order valence-corrected chi connectivity index (χ2v) is 11.8. The number of anilines is 1. The number of carbonyl (C=O) groups excluding carboxylic acids is 2. The number of sulfonamides is 1. The molecule has 7 nitrogen and oxygen atoms in total. The Hall–Kier alpha value is -3.36. The number of aryl methyl sites for hydroxylation is 1. The SMILES string of the molecule is Cc1ccccc1N(CC(=O)N(Cc1ccccc1Cl)C(C)C(=O)NCC(C)C)S(=O)(=O)c1ccccc1. The molecule has 2 amide bonds. The molecule has 0 spiro atoms. The molecule has 0 heterocycles. The van der Waals surface area contributed by atoms with Gasteiger partial charge in [-0.3, -0.25) is 13.9 Å². The van der Waals surface area contributed by atoms with E-state index in [1.807, 2.05) is 13.8 Å². The van der Waals surface area contributed by atoms with Crippen LogP contribution in [0.1, 0.15) is 31.9 Å². The fourth-order valence-electron chi connectivity index (χ4n) is 3.92. The molecule has 0 radical (unpaired) electrons. The van der Waals surface area contributed by atoms with Crippen molar-refractivity contribution in [2.75, 3.05) is 17.4 Å². The molecule has 0 aliphatic heterocycles. The summed E-state index contributed by atoms with van der Waals surface area (Å²) in [6.45, 7) is 7.38. The Labute approximate surface area is 230 Å². The highest BCUT2D eigenvalue weighted by Gasteiger charge is 2.33. The standard InChI is InChI=1S/C29H34ClN3O4S/c1-21(2)18-31-29(35)23(4)32(19-24-13-9-10-16-26(24)30)28(34)20-33(27-17-11-8-12-22(27)3)38(36,37)25-14-6-5-7-15-25/h5-17,21,23H,18-20H2,1-4H3,(H,31,35). The lowest BCUT2D eigenvalue weighted by molar-refractivity contribution is -0.139. The van der Waals surface area contributed by atoms with Crippen LogP contribution in [0.25, 0.3) is 0 Å². The average molecular weight is 556 g/mol. The van der Waals surface area contributed by atoms with Crippen LogP contribution >= 0.6 is 11.6 Å². The zero-order chi connectivity index (χ0) is 27.9.